The highest BCUT2D eigenvalue weighted by Crippen LogP contribution is 2.18. The maximum absolute atomic E-state index is 11.5. The van der Waals surface area contributed by atoms with Gasteiger partial charge in [-0.05, 0) is 19.4 Å². The number of carboxylic acids is 1. The lowest BCUT2D eigenvalue weighted by atomic mass is 10.0. The summed E-state index contributed by atoms with van der Waals surface area (Å²) < 4.78 is 4.07. The van der Waals surface area contributed by atoms with E-state index in [1.165, 1.54) is 0 Å². The number of hydrogen-bond acceptors (Lipinski definition) is 4. The number of rotatable bonds is 5. The lowest BCUT2D eigenvalue weighted by Crippen LogP contribution is -2.51. The topological polar surface area (TPSA) is 75.6 Å². The van der Waals surface area contributed by atoms with Gasteiger partial charge in [0.1, 0.15) is 12.6 Å². The van der Waals surface area contributed by atoms with E-state index >= 15 is 0 Å². The Kier molecular flexibility index (Phi) is 5.23. The van der Waals surface area contributed by atoms with Crippen molar-refractivity contribution in [3.8, 4) is 0 Å². The number of hydrogen-bond donors (Lipinski definition) is 3. The molecule has 0 aromatic heterocycles. The van der Waals surface area contributed by atoms with Crippen LogP contribution in [0.2, 0.25) is 0 Å². The minimum absolute atomic E-state index is 0.0893. The molecular formula is C13H17NO4S. The Bertz CT molecular complexity index is 442. The predicted molar refractivity (Wildman–Crippen MR) is 74.3 cm³/mol. The Labute approximate surface area is 117 Å². The van der Waals surface area contributed by atoms with Gasteiger partial charge in [-0.2, -0.15) is 12.6 Å². The molecule has 6 heteroatoms. The first-order valence-corrected chi connectivity index (χ1v) is 6.18. The van der Waals surface area contributed by atoms with Crippen molar-refractivity contribution in [2.75, 3.05) is 0 Å². The second kappa shape index (κ2) is 6.47. The first kappa shape index (κ1) is 15.4. The summed E-state index contributed by atoms with van der Waals surface area (Å²) in [7, 11) is 0. The van der Waals surface area contributed by atoms with Crippen LogP contribution in [-0.2, 0) is 16.1 Å². The normalized spacial score (nSPS) is 12.6. The minimum atomic E-state index is -1.16. The number of thiol groups is 1. The van der Waals surface area contributed by atoms with Gasteiger partial charge in [0.2, 0.25) is 0 Å². The Morgan fingerprint density at radius 3 is 2.42 bits per heavy atom. The highest BCUT2D eigenvalue weighted by molar-refractivity contribution is 7.81. The second-order valence-electron chi connectivity index (χ2n) is 4.63. The van der Waals surface area contributed by atoms with Gasteiger partial charge in [0, 0.05) is 4.75 Å². The maximum atomic E-state index is 11.5. The average Bonchev–Trinajstić information content (AvgIpc) is 2.33. The first-order chi connectivity index (χ1) is 8.80. The maximum Gasteiger partial charge on any atom is 0.408 e. The van der Waals surface area contributed by atoms with Crippen molar-refractivity contribution < 1.29 is 19.4 Å². The number of amides is 1. The van der Waals surface area contributed by atoms with Crippen molar-refractivity contribution in [1.82, 2.24) is 5.32 Å². The SMILES string of the molecule is CC(C)(S)[C@H](NC(=O)OCc1ccccc1)C(=O)O. The molecule has 1 rings (SSSR count). The number of aliphatic carboxylic acids is 1. The van der Waals surface area contributed by atoms with E-state index in [1.54, 1.807) is 13.8 Å². The van der Waals surface area contributed by atoms with Crippen LogP contribution < -0.4 is 5.32 Å². The fraction of sp³-hybridized carbons (Fsp3) is 0.385. The van der Waals surface area contributed by atoms with Crippen molar-refractivity contribution in [3.63, 3.8) is 0 Å². The van der Waals surface area contributed by atoms with Crippen LogP contribution in [0.25, 0.3) is 0 Å². The van der Waals surface area contributed by atoms with Gasteiger partial charge in [0.15, 0.2) is 0 Å². The molecule has 0 heterocycles. The molecule has 0 radical (unpaired) electrons. The molecule has 0 fully saturated rings. The summed E-state index contributed by atoms with van der Waals surface area (Å²) in [6, 6.07) is 8.00. The van der Waals surface area contributed by atoms with E-state index in [1.807, 2.05) is 30.3 Å². The molecule has 1 aromatic rings. The first-order valence-electron chi connectivity index (χ1n) is 5.73. The lowest BCUT2D eigenvalue weighted by Gasteiger charge is -2.26. The standard InChI is InChI=1S/C13H17NO4S/c1-13(2,19)10(11(15)16)14-12(17)18-8-9-6-4-3-5-7-9/h3-7,10,19H,8H2,1-2H3,(H,14,17)(H,15,16)/t10-/m1/s1. The van der Waals surface area contributed by atoms with E-state index in [2.05, 4.69) is 17.9 Å². The molecule has 0 saturated heterocycles. The van der Waals surface area contributed by atoms with Crippen LogP contribution in [0.4, 0.5) is 4.79 Å². The lowest BCUT2D eigenvalue weighted by molar-refractivity contribution is -0.140. The van der Waals surface area contributed by atoms with Gasteiger partial charge in [-0.25, -0.2) is 9.59 Å². The van der Waals surface area contributed by atoms with Gasteiger partial charge in [0.25, 0.3) is 0 Å². The number of carboxylic acid groups (broad SMARTS) is 1. The number of alkyl carbamates (subject to hydrolysis) is 1. The summed E-state index contributed by atoms with van der Waals surface area (Å²) in [6.07, 6.45) is -0.779. The molecule has 0 aliphatic heterocycles. The van der Waals surface area contributed by atoms with E-state index < -0.39 is 22.9 Å². The fourth-order valence-corrected chi connectivity index (χ4v) is 1.60. The smallest absolute Gasteiger partial charge is 0.408 e. The summed E-state index contributed by atoms with van der Waals surface area (Å²) in [5.41, 5.74) is 0.828. The van der Waals surface area contributed by atoms with Crippen LogP contribution in [-0.4, -0.2) is 28.0 Å². The molecule has 104 valence electrons. The molecule has 5 nitrogen and oxygen atoms in total. The molecule has 1 aromatic carbocycles. The van der Waals surface area contributed by atoms with Crippen LogP contribution in [0.1, 0.15) is 19.4 Å². The molecule has 0 spiro atoms. The molecule has 1 amide bonds. The largest absolute Gasteiger partial charge is 0.480 e. The van der Waals surface area contributed by atoms with E-state index in [0.29, 0.717) is 0 Å². The third kappa shape index (κ3) is 5.21. The molecule has 0 saturated carbocycles. The quantitative estimate of drug-likeness (QED) is 0.723. The third-order valence-corrected chi connectivity index (χ3v) is 2.69. The van der Waals surface area contributed by atoms with Crippen LogP contribution in [0, 0.1) is 0 Å². The zero-order valence-corrected chi connectivity index (χ0v) is 11.7. The number of ether oxygens (including phenoxy) is 1. The summed E-state index contributed by atoms with van der Waals surface area (Å²) in [6.45, 7) is 3.30. The second-order valence-corrected chi connectivity index (χ2v) is 5.78. The summed E-state index contributed by atoms with van der Waals surface area (Å²) in [5, 5.41) is 11.3. The van der Waals surface area contributed by atoms with Crippen LogP contribution in [0.3, 0.4) is 0 Å². The van der Waals surface area contributed by atoms with Crippen LogP contribution in [0.15, 0.2) is 30.3 Å². The van der Waals surface area contributed by atoms with Crippen molar-refractivity contribution in [3.05, 3.63) is 35.9 Å². The third-order valence-electron chi connectivity index (χ3n) is 2.43. The van der Waals surface area contributed by atoms with Gasteiger partial charge in [0.05, 0.1) is 0 Å². The molecule has 0 bridgehead atoms. The van der Waals surface area contributed by atoms with E-state index in [0.717, 1.165) is 5.56 Å². The van der Waals surface area contributed by atoms with Crippen molar-refractivity contribution in [2.45, 2.75) is 31.2 Å². The number of carbonyl (C=O) groups excluding carboxylic acids is 1. The van der Waals surface area contributed by atoms with E-state index in [4.69, 9.17) is 9.84 Å². The Hall–Kier alpha value is -1.69. The average molecular weight is 283 g/mol. The zero-order chi connectivity index (χ0) is 14.5. The van der Waals surface area contributed by atoms with E-state index in [-0.39, 0.29) is 6.61 Å². The monoisotopic (exact) mass is 283 g/mol. The molecule has 0 aliphatic rings. The van der Waals surface area contributed by atoms with Gasteiger partial charge < -0.3 is 15.2 Å². The van der Waals surface area contributed by atoms with Crippen LogP contribution in [0.5, 0.6) is 0 Å². The van der Waals surface area contributed by atoms with Crippen LogP contribution >= 0.6 is 12.6 Å². The molecule has 2 N–H and O–H groups in total. The molecule has 19 heavy (non-hydrogen) atoms. The van der Waals surface area contributed by atoms with Crippen molar-refractivity contribution in [1.29, 1.82) is 0 Å². The number of carbonyl (C=O) groups is 2. The fourth-order valence-electron chi connectivity index (χ4n) is 1.42. The van der Waals surface area contributed by atoms with Crippen molar-refractivity contribution in [2.24, 2.45) is 0 Å². The highest BCUT2D eigenvalue weighted by Gasteiger charge is 2.34. The minimum Gasteiger partial charge on any atom is -0.480 e. The Balaban J connectivity index is 2.52. The molecular weight excluding hydrogens is 266 g/mol. The summed E-state index contributed by atoms with van der Waals surface area (Å²) in [4.78, 5) is 22.6. The van der Waals surface area contributed by atoms with Crippen molar-refractivity contribution >= 4 is 24.7 Å². The number of nitrogens with one attached hydrogen (secondary N) is 1. The van der Waals surface area contributed by atoms with Gasteiger partial charge >= 0.3 is 12.1 Å². The summed E-state index contributed by atoms with van der Waals surface area (Å²) in [5.74, 6) is -1.16. The Morgan fingerprint density at radius 1 is 1.37 bits per heavy atom. The van der Waals surface area contributed by atoms with Gasteiger partial charge in [-0.3, -0.25) is 0 Å². The molecule has 1 atom stereocenters. The number of benzene rings is 1. The Morgan fingerprint density at radius 2 is 1.95 bits per heavy atom. The van der Waals surface area contributed by atoms with Gasteiger partial charge in [-0.1, -0.05) is 30.3 Å². The van der Waals surface area contributed by atoms with E-state index in [9.17, 15) is 9.59 Å². The zero-order valence-electron chi connectivity index (χ0n) is 10.8. The molecule has 0 unspecified atom stereocenters. The predicted octanol–water partition coefficient (Wildman–Crippen LogP) is 2.07. The van der Waals surface area contributed by atoms with Gasteiger partial charge in [-0.15, -0.1) is 0 Å². The molecule has 0 aliphatic carbocycles. The highest BCUT2D eigenvalue weighted by atomic mass is 32.1. The summed E-state index contributed by atoms with van der Waals surface area (Å²) >= 11 is 4.15.